The quantitative estimate of drug-likeness (QED) is 0.0292. The number of piperidine rings is 3. The summed E-state index contributed by atoms with van der Waals surface area (Å²) in [7, 11) is 9.91. The van der Waals surface area contributed by atoms with Crippen molar-refractivity contribution in [2.24, 2.45) is 14.1 Å². The number of nitrogens with zero attached hydrogens (tertiary/aromatic N) is 16. The molecule has 0 saturated carbocycles. The van der Waals surface area contributed by atoms with Crippen molar-refractivity contribution in [3.63, 3.8) is 0 Å². The Morgan fingerprint density at radius 2 is 0.833 bits per heavy atom. The number of rotatable bonds is 22. The molecule has 4 fully saturated rings. The fourth-order valence-corrected chi connectivity index (χ4v) is 16.5. The van der Waals surface area contributed by atoms with Crippen LogP contribution in [0.1, 0.15) is 119 Å². The van der Waals surface area contributed by atoms with Crippen LogP contribution in [0, 0.1) is 23.3 Å². The number of halogens is 4. The summed E-state index contributed by atoms with van der Waals surface area (Å²) < 4.78 is 82.1. The second-order valence-corrected chi connectivity index (χ2v) is 34.0. The zero-order chi connectivity index (χ0) is 91.6. The van der Waals surface area contributed by atoms with Gasteiger partial charge in [-0.1, -0.05) is 6.07 Å². The SMILES string of the molecule is CC(C)n1cc(-c2cc3c(C(=O)Nc4ccc(OC5CCN(C)CC5)cc4)n[nH]c3cc2F)cn1.CN1CCC(Oc2ccc(NC(=O)c3n[nH]c4cc(F)c(-c5ccn(C)n5)cc34)cc2)CC1.CN1CCC(n2cc(-c3ccc4[nH]nc(C(=O)Nc5ccc(F)cc5)c4c3)cn2)CC1.Cn1cc(-c2cc3c(C(=O)Nc4ccc(OCCN5CCCC5)cc4)n[nH]c3cc2F)cn1. The number of anilines is 4. The average Bonchev–Trinajstić information content (AvgIpc) is 1.65. The first-order chi connectivity index (χ1) is 64.0. The van der Waals surface area contributed by atoms with E-state index in [1.54, 1.807) is 108 Å². The first-order valence-corrected chi connectivity index (χ1v) is 44.1. The summed E-state index contributed by atoms with van der Waals surface area (Å²) >= 11 is 0. The number of carbonyl (C=O) groups excluding carboxylic acids is 4. The van der Waals surface area contributed by atoms with Crippen LogP contribution in [-0.2, 0) is 14.1 Å². The predicted molar refractivity (Wildman–Crippen MR) is 498 cm³/mol. The minimum atomic E-state index is -0.433. The molecule has 4 amide bonds. The van der Waals surface area contributed by atoms with Crippen LogP contribution in [0.15, 0.2) is 201 Å². The minimum Gasteiger partial charge on any atom is -0.492 e. The van der Waals surface area contributed by atoms with Gasteiger partial charge in [-0.15, -0.1) is 0 Å². The zero-order valence-corrected chi connectivity index (χ0v) is 74.1. The number of H-pyrrole nitrogens is 4. The van der Waals surface area contributed by atoms with E-state index in [4.69, 9.17) is 14.2 Å². The van der Waals surface area contributed by atoms with E-state index in [9.17, 15) is 36.7 Å². The van der Waals surface area contributed by atoms with E-state index >= 15 is 0 Å². The molecular weight excluding hydrogens is 1690 g/mol. The smallest absolute Gasteiger partial charge is 0.276 e. The van der Waals surface area contributed by atoms with Gasteiger partial charge in [0.15, 0.2) is 22.8 Å². The Morgan fingerprint density at radius 3 is 1.28 bits per heavy atom. The highest BCUT2D eigenvalue weighted by Crippen LogP contribution is 2.36. The first-order valence-electron chi connectivity index (χ1n) is 44.1. The van der Waals surface area contributed by atoms with E-state index in [1.807, 2.05) is 86.8 Å². The van der Waals surface area contributed by atoms with Crippen LogP contribution in [0.2, 0.25) is 0 Å². The van der Waals surface area contributed by atoms with Gasteiger partial charge in [0.2, 0.25) is 0 Å². The summed E-state index contributed by atoms with van der Waals surface area (Å²) in [5, 5.41) is 58.6. The lowest BCUT2D eigenvalue weighted by atomic mass is 10.0. The number of nitrogens with one attached hydrogen (secondary N) is 8. The van der Waals surface area contributed by atoms with Crippen LogP contribution in [0.3, 0.4) is 0 Å². The largest absolute Gasteiger partial charge is 0.492 e. The van der Waals surface area contributed by atoms with Crippen LogP contribution < -0.4 is 35.5 Å². The molecule has 4 aliphatic heterocycles. The normalized spacial score (nSPS) is 14.9. The Hall–Kier alpha value is -14.7. The van der Waals surface area contributed by atoms with Gasteiger partial charge >= 0.3 is 0 Å². The topological polar surface area (TPSA) is 343 Å². The summed E-state index contributed by atoms with van der Waals surface area (Å²) in [6.07, 6.45) is 21.6. The van der Waals surface area contributed by atoms with E-state index in [-0.39, 0.29) is 64.8 Å². The number of aromatic nitrogens is 16. The van der Waals surface area contributed by atoms with Crippen LogP contribution >= 0.6 is 0 Å². The Bertz CT molecular complexity index is 6720. The fraction of sp³-hybridized carbons (Fsp3) is 0.299. The Balaban J connectivity index is 0.000000123. The van der Waals surface area contributed by atoms with Gasteiger partial charge in [-0.3, -0.25) is 63.2 Å². The first kappa shape index (κ1) is 89.3. The van der Waals surface area contributed by atoms with Gasteiger partial charge in [0, 0.05) is 174 Å². The van der Waals surface area contributed by atoms with E-state index in [2.05, 4.69) is 134 Å². The highest BCUT2D eigenvalue weighted by molar-refractivity contribution is 6.14. The molecule has 8 aromatic carbocycles. The lowest BCUT2D eigenvalue weighted by molar-refractivity contribution is 0.101. The van der Waals surface area contributed by atoms with Crippen molar-refractivity contribution in [1.82, 2.24) is 99.5 Å². The molecule has 0 atom stereocenters. The molecule has 0 aliphatic carbocycles. The number of hydrogen-bond acceptors (Lipinski definition) is 19. The number of aromatic amines is 4. The molecule has 132 heavy (non-hydrogen) atoms. The molecule has 12 heterocycles. The molecule has 0 spiro atoms. The minimum absolute atomic E-state index is 0.159. The number of ether oxygens (including phenoxy) is 3. The number of benzene rings is 8. The van der Waals surface area contributed by atoms with Crippen molar-refractivity contribution in [2.75, 3.05) is 108 Å². The molecule has 0 unspecified atom stereocenters. The van der Waals surface area contributed by atoms with Crippen LogP contribution in [-0.4, -0.2) is 222 Å². The molecule has 16 aromatic rings. The van der Waals surface area contributed by atoms with Gasteiger partial charge in [-0.25, -0.2) is 17.6 Å². The summed E-state index contributed by atoms with van der Waals surface area (Å²) in [6.45, 7) is 14.1. The molecule has 0 radical (unpaired) electrons. The molecule has 31 nitrogen and oxygen atoms in total. The van der Waals surface area contributed by atoms with Crippen molar-refractivity contribution >= 4 is 90.0 Å². The third-order valence-electron chi connectivity index (χ3n) is 24.1. The maximum atomic E-state index is 14.8. The number of hydrogen-bond donors (Lipinski definition) is 8. The highest BCUT2D eigenvalue weighted by Gasteiger charge is 2.27. The summed E-state index contributed by atoms with van der Waals surface area (Å²) in [5.74, 6) is -0.778. The Morgan fingerprint density at radius 1 is 0.417 bits per heavy atom. The number of fused-ring (bicyclic) bond motifs is 4. The molecule has 4 aliphatic rings. The van der Waals surface area contributed by atoms with Gasteiger partial charge in [0.1, 0.15) is 59.3 Å². The van der Waals surface area contributed by atoms with Gasteiger partial charge in [-0.2, -0.15) is 40.8 Å². The predicted octanol–water partition coefficient (Wildman–Crippen LogP) is 16.6. The van der Waals surface area contributed by atoms with E-state index in [0.717, 1.165) is 137 Å². The standard InChI is InChI=1S/C26H29FN6O2.2C24H25FN6O2.C23H23FN6O/c1-16(2)33-15-17(14-28-33)21-12-22-24(13-23(21)27)30-31-25(22)26(34)29-18-4-6-19(7-5-18)35-20-8-10-32(3)11-9-20;1-30-10-7-17(8-11-30)33-16-5-3-15(4-6-16)26-24(32)23-19-13-18(21-9-12-31(2)29-21)20(25)14-22(19)27-28-23;1-30-15-16(14-26-30)19-12-20-22(13-21(19)25)28-29-23(20)24(32)27-17-4-6-18(7-5-17)33-11-10-31-8-2-3-9-31;1-29-10-8-19(9-11-29)30-14-16(13-25-30)15-2-7-21-20(12-15)22(28-27-21)23(31)26-18-5-3-17(24)4-6-18/h4-7,12-16,20H,8-11H2,1-3H3,(H,29,34)(H,30,31);3-6,9,12-14,17H,7-8,10-11H2,1-2H3,(H,26,32)(H,27,28);4-7,12-15H,2-3,8-11H2,1H3,(H,27,32)(H,28,29);2-7,12-14,19H,8-11H2,1H3,(H,26,31)(H,27,28). The summed E-state index contributed by atoms with van der Waals surface area (Å²) in [4.78, 5) is 60.9. The maximum absolute atomic E-state index is 14.8. The van der Waals surface area contributed by atoms with Crippen LogP contribution in [0.5, 0.6) is 17.2 Å². The third-order valence-corrected chi connectivity index (χ3v) is 24.1. The van der Waals surface area contributed by atoms with Crippen molar-refractivity contribution in [2.45, 2.75) is 89.5 Å². The van der Waals surface area contributed by atoms with E-state index in [0.29, 0.717) is 107 Å². The monoisotopic (exact) mass is 1790 g/mol. The van der Waals surface area contributed by atoms with E-state index < -0.39 is 17.5 Å². The van der Waals surface area contributed by atoms with Crippen molar-refractivity contribution < 1.29 is 51.0 Å². The molecule has 8 N–H and O–H groups in total. The van der Waals surface area contributed by atoms with Crippen molar-refractivity contribution in [3.8, 4) is 61.9 Å². The van der Waals surface area contributed by atoms with E-state index in [1.165, 1.54) is 55.3 Å². The van der Waals surface area contributed by atoms with Gasteiger partial charge in [0.25, 0.3) is 23.6 Å². The zero-order valence-electron chi connectivity index (χ0n) is 74.1. The third kappa shape index (κ3) is 21.4. The lowest BCUT2D eigenvalue weighted by Gasteiger charge is -2.29. The van der Waals surface area contributed by atoms with Gasteiger partial charge in [0.05, 0.1) is 52.4 Å². The molecular formula is C97H102F4N24O7. The fourth-order valence-electron chi connectivity index (χ4n) is 16.5. The molecule has 20 rings (SSSR count). The Labute approximate surface area is 757 Å². The number of amides is 4. The lowest BCUT2D eigenvalue weighted by Crippen LogP contribution is -2.35. The second-order valence-electron chi connectivity index (χ2n) is 34.0. The molecule has 680 valence electrons. The molecule has 8 aromatic heterocycles. The van der Waals surface area contributed by atoms with Gasteiger partial charge < -0.3 is 50.2 Å². The average molecular weight is 1790 g/mol. The Kier molecular flexibility index (Phi) is 27.2. The van der Waals surface area contributed by atoms with Gasteiger partial charge in [-0.05, 0) is 252 Å². The number of likely N-dealkylation sites (tertiary alicyclic amines) is 4. The molecule has 4 saturated heterocycles. The van der Waals surface area contributed by atoms with Crippen molar-refractivity contribution in [1.29, 1.82) is 0 Å². The molecule has 0 bridgehead atoms. The number of carbonyl (C=O) groups is 4. The summed E-state index contributed by atoms with van der Waals surface area (Å²) in [6, 6.07) is 44.6. The van der Waals surface area contributed by atoms with Crippen LogP contribution in [0.4, 0.5) is 40.3 Å². The maximum Gasteiger partial charge on any atom is 0.276 e. The number of aryl methyl sites for hydroxylation is 2. The summed E-state index contributed by atoms with van der Waals surface area (Å²) in [5.41, 5.74) is 10.2. The van der Waals surface area contributed by atoms with Crippen molar-refractivity contribution in [3.05, 3.63) is 247 Å². The second kappa shape index (κ2) is 40.1. The highest BCUT2D eigenvalue weighted by atomic mass is 19.1. The van der Waals surface area contributed by atoms with Crippen LogP contribution in [0.25, 0.3) is 88.2 Å². The molecule has 35 heteroatoms.